The largest absolute Gasteiger partial charge is 0.459 e. The highest BCUT2D eigenvalue weighted by molar-refractivity contribution is 5.86. The molecule has 4 nitrogen and oxygen atoms in total. The van der Waals surface area contributed by atoms with Crippen LogP contribution in [0.3, 0.4) is 0 Å². The van der Waals surface area contributed by atoms with Crippen molar-refractivity contribution in [2.75, 3.05) is 13.2 Å². The Hall–Kier alpha value is -1.60. The Bertz CT molecular complexity index is 314. The summed E-state index contributed by atoms with van der Waals surface area (Å²) in [6, 6.07) is 0. The fourth-order valence-electron chi connectivity index (χ4n) is 0.577. The van der Waals surface area contributed by atoms with Gasteiger partial charge in [-0.1, -0.05) is 6.58 Å². The molecule has 0 radical (unpaired) electrons. The van der Waals surface area contributed by atoms with Crippen molar-refractivity contribution in [3.8, 4) is 0 Å². The maximum Gasteiger partial charge on any atom is 0.401 e. The summed E-state index contributed by atoms with van der Waals surface area (Å²) in [4.78, 5) is 21.2. The van der Waals surface area contributed by atoms with Gasteiger partial charge in [0.2, 0.25) is 0 Å². The van der Waals surface area contributed by atoms with Gasteiger partial charge in [-0.25, -0.2) is 18.4 Å². The minimum absolute atomic E-state index is 0.0641. The number of hydrogen-bond acceptors (Lipinski definition) is 4. The van der Waals surface area contributed by atoms with E-state index in [9.17, 15) is 27.2 Å². The van der Waals surface area contributed by atoms with Crippen molar-refractivity contribution in [3.63, 3.8) is 0 Å². The predicted molar refractivity (Wildman–Crippen MR) is 47.7 cm³/mol. The van der Waals surface area contributed by atoms with Gasteiger partial charge in [-0.3, -0.25) is 0 Å². The maximum absolute atomic E-state index is 12.3. The Morgan fingerprint density at radius 3 is 2.12 bits per heavy atom. The van der Waals surface area contributed by atoms with Crippen LogP contribution < -0.4 is 0 Å². The van der Waals surface area contributed by atoms with Gasteiger partial charge < -0.3 is 9.47 Å². The number of esters is 2. The van der Waals surface area contributed by atoms with Crippen molar-refractivity contribution in [1.82, 2.24) is 0 Å². The second-order valence-electron chi connectivity index (χ2n) is 2.98. The first-order valence-corrected chi connectivity index (χ1v) is 4.35. The molecule has 98 valence electrons. The summed E-state index contributed by atoms with van der Waals surface area (Å²) < 4.78 is 56.1. The standard InChI is InChI=1S/C9H10F4O4/c1-5(2)6(14)16-3-4-17-8(15)9(12,13)7(10)11/h7H,1,3-4H2,2H3. The molecule has 0 aliphatic carbocycles. The van der Waals surface area contributed by atoms with E-state index in [-0.39, 0.29) is 5.57 Å². The molecule has 0 rings (SSSR count). The van der Waals surface area contributed by atoms with E-state index in [1.807, 2.05) is 0 Å². The average Bonchev–Trinajstić information content (AvgIpc) is 2.22. The molecule has 0 spiro atoms. The van der Waals surface area contributed by atoms with Gasteiger partial charge in [0.1, 0.15) is 13.2 Å². The molecule has 0 saturated heterocycles. The summed E-state index contributed by atoms with van der Waals surface area (Å²) in [5, 5.41) is 0. The summed E-state index contributed by atoms with van der Waals surface area (Å²) in [5.74, 6) is -8.03. The van der Waals surface area contributed by atoms with Crippen LogP contribution >= 0.6 is 0 Å². The molecule has 0 atom stereocenters. The molecule has 0 unspecified atom stereocenters. The molecule has 0 saturated carbocycles. The zero-order valence-electron chi connectivity index (χ0n) is 8.84. The van der Waals surface area contributed by atoms with Gasteiger partial charge in [-0.2, -0.15) is 8.78 Å². The third-order valence-electron chi connectivity index (χ3n) is 1.44. The Kier molecular flexibility index (Phi) is 5.63. The smallest absolute Gasteiger partial charge is 0.401 e. The van der Waals surface area contributed by atoms with Crippen LogP contribution in [0.5, 0.6) is 0 Å². The van der Waals surface area contributed by atoms with Crippen molar-refractivity contribution >= 4 is 11.9 Å². The number of hydrogen-bond donors (Lipinski definition) is 0. The summed E-state index contributed by atoms with van der Waals surface area (Å²) in [7, 11) is 0. The second kappa shape index (κ2) is 6.21. The number of halogens is 4. The molecule has 0 aromatic carbocycles. The van der Waals surface area contributed by atoms with Crippen LogP contribution in [-0.2, 0) is 19.1 Å². The SMILES string of the molecule is C=C(C)C(=O)OCCOC(=O)C(F)(F)C(F)F. The van der Waals surface area contributed by atoms with Gasteiger partial charge in [0, 0.05) is 5.57 Å². The van der Waals surface area contributed by atoms with E-state index in [4.69, 9.17) is 0 Å². The van der Waals surface area contributed by atoms with Crippen molar-refractivity contribution in [1.29, 1.82) is 0 Å². The van der Waals surface area contributed by atoms with E-state index in [1.54, 1.807) is 0 Å². The molecule has 0 aliphatic heterocycles. The van der Waals surface area contributed by atoms with Crippen molar-refractivity contribution in [2.24, 2.45) is 0 Å². The average molecular weight is 258 g/mol. The van der Waals surface area contributed by atoms with E-state index >= 15 is 0 Å². The summed E-state index contributed by atoms with van der Waals surface area (Å²) in [6.45, 7) is 3.32. The zero-order chi connectivity index (χ0) is 13.6. The molecule has 0 amide bonds. The Morgan fingerprint density at radius 2 is 1.71 bits per heavy atom. The fourth-order valence-corrected chi connectivity index (χ4v) is 0.577. The monoisotopic (exact) mass is 258 g/mol. The zero-order valence-corrected chi connectivity index (χ0v) is 8.84. The lowest BCUT2D eigenvalue weighted by Gasteiger charge is -2.13. The number of rotatable bonds is 6. The Morgan fingerprint density at radius 1 is 1.24 bits per heavy atom. The number of carbonyl (C=O) groups excluding carboxylic acids is 2. The Balaban J connectivity index is 3.95. The molecule has 0 aromatic heterocycles. The molecule has 0 bridgehead atoms. The first kappa shape index (κ1) is 15.4. The highest BCUT2D eigenvalue weighted by atomic mass is 19.3. The number of carbonyl (C=O) groups is 2. The van der Waals surface area contributed by atoms with Crippen LogP contribution in [0.1, 0.15) is 6.92 Å². The maximum atomic E-state index is 12.3. The first-order chi connectivity index (χ1) is 7.69. The van der Waals surface area contributed by atoms with Crippen molar-refractivity contribution in [3.05, 3.63) is 12.2 Å². The molecule has 17 heavy (non-hydrogen) atoms. The van der Waals surface area contributed by atoms with Crippen LogP contribution in [0.4, 0.5) is 17.6 Å². The van der Waals surface area contributed by atoms with E-state index in [0.29, 0.717) is 0 Å². The van der Waals surface area contributed by atoms with Gasteiger partial charge >= 0.3 is 24.3 Å². The minimum atomic E-state index is -4.86. The van der Waals surface area contributed by atoms with Crippen LogP contribution in [0.25, 0.3) is 0 Å². The first-order valence-electron chi connectivity index (χ1n) is 4.35. The van der Waals surface area contributed by atoms with E-state index in [0.717, 1.165) is 0 Å². The van der Waals surface area contributed by atoms with Gasteiger partial charge in [0.15, 0.2) is 0 Å². The number of ether oxygens (including phenoxy) is 2. The second-order valence-corrected chi connectivity index (χ2v) is 2.98. The van der Waals surface area contributed by atoms with E-state index < -0.39 is 37.5 Å². The van der Waals surface area contributed by atoms with E-state index in [2.05, 4.69) is 16.1 Å². The lowest BCUT2D eigenvalue weighted by atomic mass is 10.3. The summed E-state index contributed by atoms with van der Waals surface area (Å²) in [5.41, 5.74) is 0.0641. The van der Waals surface area contributed by atoms with Crippen LogP contribution in [0.15, 0.2) is 12.2 Å². The molecule has 0 fully saturated rings. The van der Waals surface area contributed by atoms with Crippen LogP contribution in [-0.4, -0.2) is 37.5 Å². The summed E-state index contributed by atoms with van der Waals surface area (Å²) in [6.07, 6.45) is -4.15. The third-order valence-corrected chi connectivity index (χ3v) is 1.44. The van der Waals surface area contributed by atoms with E-state index in [1.165, 1.54) is 6.92 Å². The predicted octanol–water partition coefficient (Wildman–Crippen LogP) is 1.55. The molecule has 0 aliphatic rings. The molecule has 0 N–H and O–H groups in total. The highest BCUT2D eigenvalue weighted by Gasteiger charge is 2.50. The summed E-state index contributed by atoms with van der Waals surface area (Å²) >= 11 is 0. The lowest BCUT2D eigenvalue weighted by molar-refractivity contribution is -0.195. The lowest BCUT2D eigenvalue weighted by Crippen LogP contribution is -2.38. The molecule has 8 heteroatoms. The minimum Gasteiger partial charge on any atom is -0.459 e. The topological polar surface area (TPSA) is 52.6 Å². The van der Waals surface area contributed by atoms with Crippen LogP contribution in [0.2, 0.25) is 0 Å². The van der Waals surface area contributed by atoms with Crippen LogP contribution in [0, 0.1) is 0 Å². The molecular formula is C9H10F4O4. The fraction of sp³-hybridized carbons (Fsp3) is 0.556. The Labute approximate surface area is 94.2 Å². The number of alkyl halides is 4. The van der Waals surface area contributed by atoms with Crippen molar-refractivity contribution < 1.29 is 36.6 Å². The normalized spacial score (nSPS) is 11.2. The molecule has 0 heterocycles. The van der Waals surface area contributed by atoms with Gasteiger partial charge in [-0.15, -0.1) is 0 Å². The van der Waals surface area contributed by atoms with Gasteiger partial charge in [0.25, 0.3) is 0 Å². The van der Waals surface area contributed by atoms with Gasteiger partial charge in [-0.05, 0) is 6.92 Å². The van der Waals surface area contributed by atoms with Gasteiger partial charge in [0.05, 0.1) is 0 Å². The quantitative estimate of drug-likeness (QED) is 0.314. The highest BCUT2D eigenvalue weighted by Crippen LogP contribution is 2.24. The molecular weight excluding hydrogens is 248 g/mol. The third kappa shape index (κ3) is 4.83. The molecule has 0 aromatic rings. The van der Waals surface area contributed by atoms with Crippen molar-refractivity contribution in [2.45, 2.75) is 19.3 Å².